The molecule has 0 radical (unpaired) electrons. The normalized spacial score (nSPS) is 13.9. The molecule has 0 bridgehead atoms. The summed E-state index contributed by atoms with van der Waals surface area (Å²) < 4.78 is 33.6. The van der Waals surface area contributed by atoms with Crippen molar-refractivity contribution < 1.29 is 43.0 Å². The highest BCUT2D eigenvalue weighted by Gasteiger charge is 2.26. The number of aliphatic hydroxyl groups is 2. The molecule has 0 aliphatic carbocycles. The molecule has 10 heteroatoms. The van der Waals surface area contributed by atoms with E-state index in [9.17, 15) is 19.4 Å². The predicted octanol–water partition coefficient (Wildman–Crippen LogP) is 16.2. The number of phosphoric acid groups is 1. The minimum atomic E-state index is -4.52. The number of allylic oxidation sites excluding steroid dienone is 4. The van der Waals surface area contributed by atoms with E-state index < -0.39 is 33.2 Å². The van der Waals surface area contributed by atoms with Gasteiger partial charge in [0.2, 0.25) is 0 Å². The Morgan fingerprint density at radius 2 is 0.797 bits per heavy atom. The number of unbranched alkanes of at least 4 members (excludes halogenated alkanes) is 35. The van der Waals surface area contributed by atoms with Crippen molar-refractivity contribution in [3.8, 4) is 0 Å². The maximum Gasteiger partial charge on any atom is 0.472 e. The van der Waals surface area contributed by atoms with Crippen molar-refractivity contribution in [2.24, 2.45) is 0 Å². The van der Waals surface area contributed by atoms with Crippen LogP contribution >= 0.6 is 7.82 Å². The zero-order valence-corrected chi connectivity index (χ0v) is 42.9. The van der Waals surface area contributed by atoms with Crippen LogP contribution in [0, 0.1) is 0 Å². The monoisotopic (exact) mass is 929 g/mol. The van der Waals surface area contributed by atoms with Crippen LogP contribution in [0.2, 0.25) is 0 Å². The van der Waals surface area contributed by atoms with E-state index in [4.69, 9.17) is 23.6 Å². The quantitative estimate of drug-likeness (QED) is 0.0236. The van der Waals surface area contributed by atoms with Crippen LogP contribution in [-0.4, -0.2) is 66.3 Å². The minimum Gasteiger partial charge on any atom is -0.457 e. The van der Waals surface area contributed by atoms with E-state index in [0.717, 1.165) is 38.5 Å². The standard InChI is InChI=1S/C54H105O9P/c1-3-5-7-9-11-13-15-17-19-21-23-25-26-27-28-30-32-34-36-38-40-42-44-46-54(57)63-53(51-62-64(58,59)61-49-52(56)48-55)50-60-47-45-43-41-39-37-35-33-31-29-24-22-20-18-16-14-12-10-8-6-4-2/h18,20-21,23,52-53,55-56H,3-17,19,22,24-51H2,1-2H3,(H,58,59)/b20-18-,23-21-. The first-order chi connectivity index (χ1) is 31.3. The molecule has 380 valence electrons. The van der Waals surface area contributed by atoms with Crippen molar-refractivity contribution in [2.45, 2.75) is 283 Å². The van der Waals surface area contributed by atoms with Crippen molar-refractivity contribution in [3.63, 3.8) is 0 Å². The Labute approximate surface area is 395 Å². The van der Waals surface area contributed by atoms with Crippen molar-refractivity contribution in [1.82, 2.24) is 0 Å². The predicted molar refractivity (Wildman–Crippen MR) is 270 cm³/mol. The van der Waals surface area contributed by atoms with Crippen LogP contribution in [0.4, 0.5) is 0 Å². The molecule has 0 saturated heterocycles. The van der Waals surface area contributed by atoms with Crippen molar-refractivity contribution in [2.75, 3.05) is 33.0 Å². The smallest absolute Gasteiger partial charge is 0.457 e. The van der Waals surface area contributed by atoms with E-state index in [0.29, 0.717) is 6.61 Å². The summed E-state index contributed by atoms with van der Waals surface area (Å²) in [5.74, 6) is -0.378. The number of hydrogen-bond acceptors (Lipinski definition) is 8. The molecular weight excluding hydrogens is 824 g/mol. The summed E-state index contributed by atoms with van der Waals surface area (Å²) in [6, 6.07) is 0. The molecule has 0 aromatic heterocycles. The molecule has 0 spiro atoms. The fraction of sp³-hybridized carbons (Fsp3) is 0.907. The number of esters is 1. The van der Waals surface area contributed by atoms with Gasteiger partial charge < -0.3 is 24.6 Å². The Balaban J connectivity index is 4.01. The number of hydrogen-bond donors (Lipinski definition) is 3. The van der Waals surface area contributed by atoms with E-state index in [2.05, 4.69) is 38.2 Å². The summed E-state index contributed by atoms with van der Waals surface area (Å²) in [6.45, 7) is 3.57. The molecule has 0 rings (SSSR count). The first kappa shape index (κ1) is 62.9. The van der Waals surface area contributed by atoms with Gasteiger partial charge in [0.25, 0.3) is 0 Å². The zero-order valence-electron chi connectivity index (χ0n) is 42.0. The Kier molecular flexibility index (Phi) is 50.5. The van der Waals surface area contributed by atoms with Crippen LogP contribution in [0.15, 0.2) is 24.3 Å². The van der Waals surface area contributed by atoms with Crippen LogP contribution in [0.25, 0.3) is 0 Å². The maximum absolute atomic E-state index is 12.7. The summed E-state index contributed by atoms with van der Waals surface area (Å²) in [4.78, 5) is 22.7. The second kappa shape index (κ2) is 51.3. The van der Waals surface area contributed by atoms with Gasteiger partial charge in [0, 0.05) is 13.0 Å². The van der Waals surface area contributed by atoms with Crippen LogP contribution < -0.4 is 0 Å². The molecule has 0 aromatic carbocycles. The van der Waals surface area contributed by atoms with Gasteiger partial charge in [-0.15, -0.1) is 0 Å². The second-order valence-corrected chi connectivity index (χ2v) is 20.1. The van der Waals surface area contributed by atoms with Gasteiger partial charge in [0.1, 0.15) is 12.2 Å². The summed E-state index contributed by atoms with van der Waals surface area (Å²) in [6.07, 6.45) is 57.2. The Hall–Kier alpha value is -1.06. The van der Waals surface area contributed by atoms with E-state index in [1.165, 1.54) is 212 Å². The number of rotatable bonds is 53. The average molecular weight is 929 g/mol. The van der Waals surface area contributed by atoms with Crippen LogP contribution in [0.5, 0.6) is 0 Å². The topological polar surface area (TPSA) is 132 Å². The van der Waals surface area contributed by atoms with Gasteiger partial charge in [-0.2, -0.15) is 0 Å². The van der Waals surface area contributed by atoms with Crippen molar-refractivity contribution in [1.29, 1.82) is 0 Å². The van der Waals surface area contributed by atoms with Crippen molar-refractivity contribution >= 4 is 13.8 Å². The van der Waals surface area contributed by atoms with E-state index in [1.807, 2.05) is 0 Å². The lowest BCUT2D eigenvalue weighted by Gasteiger charge is -2.20. The first-order valence-electron chi connectivity index (χ1n) is 27.3. The lowest BCUT2D eigenvalue weighted by Crippen LogP contribution is -2.29. The molecular formula is C54H105O9P. The second-order valence-electron chi connectivity index (χ2n) is 18.6. The number of ether oxygens (including phenoxy) is 2. The summed E-state index contributed by atoms with van der Waals surface area (Å²) in [5, 5.41) is 18.4. The molecule has 0 aliphatic heterocycles. The Bertz CT molecular complexity index is 1050. The summed E-state index contributed by atoms with van der Waals surface area (Å²) in [7, 11) is -4.52. The van der Waals surface area contributed by atoms with Crippen molar-refractivity contribution in [3.05, 3.63) is 24.3 Å². The lowest BCUT2D eigenvalue weighted by atomic mass is 10.0. The van der Waals surface area contributed by atoms with Gasteiger partial charge in [-0.25, -0.2) is 4.57 Å². The van der Waals surface area contributed by atoms with Gasteiger partial charge in [-0.3, -0.25) is 13.8 Å². The molecule has 3 unspecified atom stereocenters. The molecule has 0 fully saturated rings. The number of carbonyl (C=O) groups is 1. The maximum atomic E-state index is 12.7. The molecule has 3 atom stereocenters. The fourth-order valence-electron chi connectivity index (χ4n) is 7.94. The molecule has 64 heavy (non-hydrogen) atoms. The molecule has 3 N–H and O–H groups in total. The molecule has 0 saturated carbocycles. The highest BCUT2D eigenvalue weighted by molar-refractivity contribution is 7.47. The van der Waals surface area contributed by atoms with E-state index in [1.54, 1.807) is 0 Å². The van der Waals surface area contributed by atoms with Crippen LogP contribution in [0.3, 0.4) is 0 Å². The number of phosphoric ester groups is 1. The van der Waals surface area contributed by atoms with E-state index >= 15 is 0 Å². The number of carbonyl (C=O) groups excluding carboxylic acids is 1. The van der Waals surface area contributed by atoms with Crippen LogP contribution in [-0.2, 0) is 27.9 Å². The molecule has 0 heterocycles. The van der Waals surface area contributed by atoms with Gasteiger partial charge in [0.05, 0.1) is 26.4 Å². The lowest BCUT2D eigenvalue weighted by molar-refractivity contribution is -0.154. The molecule has 0 aromatic rings. The largest absolute Gasteiger partial charge is 0.472 e. The Morgan fingerprint density at radius 3 is 1.17 bits per heavy atom. The molecule has 0 aliphatic rings. The average Bonchev–Trinajstić information content (AvgIpc) is 3.29. The molecule has 0 amide bonds. The van der Waals surface area contributed by atoms with Gasteiger partial charge in [0.15, 0.2) is 0 Å². The van der Waals surface area contributed by atoms with Gasteiger partial charge in [-0.1, -0.05) is 224 Å². The first-order valence-corrected chi connectivity index (χ1v) is 28.8. The van der Waals surface area contributed by atoms with Gasteiger partial charge >= 0.3 is 13.8 Å². The molecule has 9 nitrogen and oxygen atoms in total. The minimum absolute atomic E-state index is 0.0520. The summed E-state index contributed by atoms with van der Waals surface area (Å²) >= 11 is 0. The fourth-order valence-corrected chi connectivity index (χ4v) is 8.73. The highest BCUT2D eigenvalue weighted by atomic mass is 31.2. The third-order valence-corrected chi connectivity index (χ3v) is 13.1. The SMILES string of the molecule is CCCCCCCC/C=C\CCCCCCCCCCCCOCC(COP(=O)(O)OCC(O)CO)OC(=O)CCCCCCCCCCCCC/C=C\CCCCCCCCCC. The summed E-state index contributed by atoms with van der Waals surface area (Å²) in [5.41, 5.74) is 0. The zero-order chi connectivity index (χ0) is 46.7. The third-order valence-electron chi connectivity index (χ3n) is 12.1. The number of aliphatic hydroxyl groups excluding tert-OH is 2. The highest BCUT2D eigenvalue weighted by Crippen LogP contribution is 2.43. The van der Waals surface area contributed by atoms with Gasteiger partial charge in [-0.05, 0) is 64.2 Å². The Morgan fingerprint density at radius 1 is 0.469 bits per heavy atom. The third kappa shape index (κ3) is 50.4. The van der Waals surface area contributed by atoms with E-state index in [-0.39, 0.29) is 25.6 Å². The van der Waals surface area contributed by atoms with Crippen LogP contribution in [0.1, 0.15) is 271 Å².